The molecular formula is C25H21Cl2N3O5. The number of hydrazone groups is 1. The number of ether oxygens (including phenoxy) is 2. The molecule has 0 aliphatic carbocycles. The van der Waals surface area contributed by atoms with Crippen LogP contribution < -0.4 is 20.2 Å². The van der Waals surface area contributed by atoms with E-state index in [-0.39, 0.29) is 24.0 Å². The van der Waals surface area contributed by atoms with Gasteiger partial charge < -0.3 is 19.2 Å². The number of methoxy groups -OCH3 is 1. The van der Waals surface area contributed by atoms with Gasteiger partial charge in [0.2, 0.25) is 5.91 Å². The summed E-state index contributed by atoms with van der Waals surface area (Å²) in [5.74, 6) is -0.0220. The van der Waals surface area contributed by atoms with Crippen molar-refractivity contribution in [2.45, 2.75) is 13.3 Å². The molecule has 0 spiro atoms. The Morgan fingerprint density at radius 2 is 1.77 bits per heavy atom. The molecule has 2 amide bonds. The highest BCUT2D eigenvalue weighted by atomic mass is 35.5. The third-order valence-corrected chi connectivity index (χ3v) is 5.54. The number of nitrogens with zero attached hydrogens (tertiary/aromatic N) is 1. The fourth-order valence-electron chi connectivity index (χ4n) is 3.41. The Balaban J connectivity index is 1.35. The molecule has 0 aliphatic heterocycles. The Hall–Kier alpha value is -3.75. The molecule has 0 unspecified atom stereocenters. The first-order valence-electron chi connectivity index (χ1n) is 10.5. The molecule has 180 valence electrons. The Morgan fingerprint density at radius 1 is 0.971 bits per heavy atom. The van der Waals surface area contributed by atoms with Crippen molar-refractivity contribution in [1.82, 2.24) is 5.43 Å². The van der Waals surface area contributed by atoms with Gasteiger partial charge in [0.15, 0.2) is 6.61 Å². The molecule has 0 saturated heterocycles. The largest absolute Gasteiger partial charge is 0.495 e. The maximum Gasteiger partial charge on any atom is 0.277 e. The van der Waals surface area contributed by atoms with E-state index in [9.17, 15) is 9.59 Å². The summed E-state index contributed by atoms with van der Waals surface area (Å²) in [6.07, 6.45) is -0.0501. The molecule has 0 saturated carbocycles. The van der Waals surface area contributed by atoms with Gasteiger partial charge >= 0.3 is 0 Å². The Morgan fingerprint density at radius 3 is 2.54 bits per heavy atom. The second-order valence-electron chi connectivity index (χ2n) is 7.62. The lowest BCUT2D eigenvalue weighted by atomic mass is 10.1. The first kappa shape index (κ1) is 24.4. The summed E-state index contributed by atoms with van der Waals surface area (Å²) in [5, 5.41) is 9.35. The Bertz CT molecular complexity index is 1450. The predicted octanol–water partition coefficient (Wildman–Crippen LogP) is 5.80. The molecule has 8 nitrogen and oxygen atoms in total. The Kier molecular flexibility index (Phi) is 7.43. The molecular weight excluding hydrogens is 493 g/mol. The molecule has 0 aliphatic rings. The fraction of sp³-hybridized carbons (Fsp3) is 0.160. The van der Waals surface area contributed by atoms with E-state index in [4.69, 9.17) is 37.1 Å². The summed E-state index contributed by atoms with van der Waals surface area (Å²) in [7, 11) is 1.53. The van der Waals surface area contributed by atoms with Crippen molar-refractivity contribution < 1.29 is 23.5 Å². The van der Waals surface area contributed by atoms with Crippen LogP contribution >= 0.6 is 23.2 Å². The monoisotopic (exact) mass is 513 g/mol. The van der Waals surface area contributed by atoms with Crippen LogP contribution in [0.25, 0.3) is 21.9 Å². The number of fused-ring (bicyclic) bond motifs is 3. The highest BCUT2D eigenvalue weighted by Gasteiger charge is 2.15. The molecule has 2 N–H and O–H groups in total. The summed E-state index contributed by atoms with van der Waals surface area (Å²) >= 11 is 11.8. The lowest BCUT2D eigenvalue weighted by Gasteiger charge is -2.10. The van der Waals surface area contributed by atoms with Gasteiger partial charge in [0.1, 0.15) is 22.7 Å². The molecule has 3 aromatic carbocycles. The number of hydrogen-bond donors (Lipinski definition) is 2. The van der Waals surface area contributed by atoms with Gasteiger partial charge in [0.25, 0.3) is 5.91 Å². The van der Waals surface area contributed by atoms with Crippen molar-refractivity contribution in [2.24, 2.45) is 5.10 Å². The number of benzene rings is 3. The van der Waals surface area contributed by atoms with E-state index in [1.165, 1.54) is 13.2 Å². The number of halogens is 2. The van der Waals surface area contributed by atoms with E-state index in [0.29, 0.717) is 33.5 Å². The number of amides is 2. The van der Waals surface area contributed by atoms with Crippen molar-refractivity contribution in [3.63, 3.8) is 0 Å². The first-order valence-corrected chi connectivity index (χ1v) is 11.3. The fourth-order valence-corrected chi connectivity index (χ4v) is 3.87. The molecule has 0 radical (unpaired) electrons. The summed E-state index contributed by atoms with van der Waals surface area (Å²) in [4.78, 5) is 24.6. The summed E-state index contributed by atoms with van der Waals surface area (Å²) < 4.78 is 16.7. The van der Waals surface area contributed by atoms with Gasteiger partial charge in [-0.3, -0.25) is 9.59 Å². The van der Waals surface area contributed by atoms with E-state index < -0.39 is 5.91 Å². The predicted molar refractivity (Wildman–Crippen MR) is 137 cm³/mol. The van der Waals surface area contributed by atoms with Gasteiger partial charge in [-0.25, -0.2) is 5.43 Å². The van der Waals surface area contributed by atoms with Gasteiger partial charge in [-0.15, -0.1) is 0 Å². The molecule has 0 fully saturated rings. The van der Waals surface area contributed by atoms with Crippen LogP contribution in [-0.4, -0.2) is 31.2 Å². The zero-order valence-electron chi connectivity index (χ0n) is 18.9. The van der Waals surface area contributed by atoms with Crippen LogP contribution in [0.15, 0.2) is 64.1 Å². The van der Waals surface area contributed by atoms with Crippen LogP contribution in [0.5, 0.6) is 11.5 Å². The van der Waals surface area contributed by atoms with E-state index in [1.807, 2.05) is 30.3 Å². The van der Waals surface area contributed by atoms with Crippen molar-refractivity contribution in [2.75, 3.05) is 19.0 Å². The minimum Gasteiger partial charge on any atom is -0.495 e. The number of anilines is 1. The second-order valence-corrected chi connectivity index (χ2v) is 8.46. The zero-order valence-corrected chi connectivity index (χ0v) is 20.4. The number of hydrogen-bond acceptors (Lipinski definition) is 6. The minimum absolute atomic E-state index is 0.0501. The van der Waals surface area contributed by atoms with Crippen molar-refractivity contribution >= 4 is 68.4 Å². The molecule has 0 bridgehead atoms. The van der Waals surface area contributed by atoms with Gasteiger partial charge in [-0.05, 0) is 37.3 Å². The highest BCUT2D eigenvalue weighted by molar-refractivity contribution is 6.35. The third-order valence-electron chi connectivity index (χ3n) is 5.01. The van der Waals surface area contributed by atoms with Crippen molar-refractivity contribution in [3.05, 3.63) is 64.6 Å². The standard InChI is InChI=1S/C25H21Cl2N3O5/c1-14(29-30-25(32)13-34-21-8-7-15(26)10-18(21)27)9-24(31)28-19-12-22-17(11-23(19)33-2)16-5-3-4-6-20(16)35-22/h3-8,10-12H,9,13H2,1-2H3,(H,28,31)(H,30,32)/b29-14+. The normalized spacial score (nSPS) is 11.5. The molecule has 4 aromatic rings. The van der Waals surface area contributed by atoms with E-state index in [2.05, 4.69) is 15.8 Å². The summed E-state index contributed by atoms with van der Waals surface area (Å²) in [6.45, 7) is 1.31. The third kappa shape index (κ3) is 5.85. The Labute approximate surface area is 210 Å². The van der Waals surface area contributed by atoms with Crippen molar-refractivity contribution in [3.8, 4) is 11.5 Å². The molecule has 0 atom stereocenters. The van der Waals surface area contributed by atoms with Crippen molar-refractivity contribution in [1.29, 1.82) is 0 Å². The average molecular weight is 514 g/mol. The van der Waals surface area contributed by atoms with Gasteiger partial charge in [0.05, 0.1) is 24.2 Å². The topological polar surface area (TPSA) is 102 Å². The van der Waals surface area contributed by atoms with Crippen LogP contribution in [0, 0.1) is 0 Å². The highest BCUT2D eigenvalue weighted by Crippen LogP contribution is 2.36. The van der Waals surface area contributed by atoms with Gasteiger partial charge in [-0.2, -0.15) is 5.10 Å². The lowest BCUT2D eigenvalue weighted by Crippen LogP contribution is -2.26. The SMILES string of the molecule is COc1cc2c(cc1NC(=O)C/C(C)=N/NC(=O)COc1ccc(Cl)cc1Cl)oc1ccccc12. The number of rotatable bonds is 8. The quantitative estimate of drug-likeness (QED) is 0.229. The minimum atomic E-state index is -0.507. The first-order chi connectivity index (χ1) is 16.8. The molecule has 1 heterocycles. The van der Waals surface area contributed by atoms with Gasteiger partial charge in [0, 0.05) is 27.6 Å². The van der Waals surface area contributed by atoms with Crippen LogP contribution in [0.4, 0.5) is 5.69 Å². The number of carbonyl (C=O) groups excluding carboxylic acids is 2. The maximum atomic E-state index is 12.6. The molecule has 4 rings (SSSR count). The van der Waals surface area contributed by atoms with E-state index in [1.54, 1.807) is 25.1 Å². The number of para-hydroxylation sites is 1. The van der Waals surface area contributed by atoms with Crippen LogP contribution in [-0.2, 0) is 9.59 Å². The number of furan rings is 1. The van der Waals surface area contributed by atoms with Crippen LogP contribution in [0.1, 0.15) is 13.3 Å². The average Bonchev–Trinajstić information content (AvgIpc) is 3.18. The molecule has 35 heavy (non-hydrogen) atoms. The maximum absolute atomic E-state index is 12.6. The zero-order chi connectivity index (χ0) is 24.9. The lowest BCUT2D eigenvalue weighted by molar-refractivity contribution is -0.123. The van der Waals surface area contributed by atoms with Crippen LogP contribution in [0.3, 0.4) is 0 Å². The summed E-state index contributed by atoms with van der Waals surface area (Å²) in [5.41, 5.74) is 4.58. The smallest absolute Gasteiger partial charge is 0.277 e. The van der Waals surface area contributed by atoms with Crippen LogP contribution in [0.2, 0.25) is 10.0 Å². The molecule has 10 heteroatoms. The molecule has 1 aromatic heterocycles. The number of nitrogens with one attached hydrogen (secondary N) is 2. The van der Waals surface area contributed by atoms with Gasteiger partial charge in [-0.1, -0.05) is 41.4 Å². The second kappa shape index (κ2) is 10.7. The van der Waals surface area contributed by atoms with E-state index >= 15 is 0 Å². The summed E-state index contributed by atoms with van der Waals surface area (Å²) in [6, 6.07) is 15.9. The van der Waals surface area contributed by atoms with E-state index in [0.717, 1.165) is 16.4 Å². The number of carbonyl (C=O) groups is 2.